The molecule has 3 aromatic carbocycles. The summed E-state index contributed by atoms with van der Waals surface area (Å²) in [5.41, 5.74) is 2.54. The van der Waals surface area contributed by atoms with Crippen LogP contribution in [0.1, 0.15) is 21.5 Å². The molecule has 150 valence electrons. The van der Waals surface area contributed by atoms with Crippen LogP contribution in [0.3, 0.4) is 0 Å². The molecule has 0 atom stereocenters. The lowest BCUT2D eigenvalue weighted by Gasteiger charge is -2.13. The Bertz CT molecular complexity index is 1170. The SMILES string of the molecule is Cc1ccc(C=C2SC(=O)N(CCNC(=O)c3ccc4ccccc4c3)C2=O)cc1. The monoisotopic (exact) mass is 416 g/mol. The van der Waals surface area contributed by atoms with Crippen molar-refractivity contribution in [1.29, 1.82) is 0 Å². The van der Waals surface area contributed by atoms with E-state index < -0.39 is 0 Å². The zero-order chi connectivity index (χ0) is 21.1. The summed E-state index contributed by atoms with van der Waals surface area (Å²) in [5, 5.41) is 4.51. The Hall–Kier alpha value is -3.38. The standard InChI is InChI=1S/C24H20N2O3S/c1-16-6-8-17(9-7-16)14-21-23(28)26(24(29)30-21)13-12-25-22(27)20-11-10-18-4-2-3-5-19(18)15-20/h2-11,14-15H,12-13H2,1H3,(H,25,27). The van der Waals surface area contributed by atoms with E-state index in [1.54, 1.807) is 12.1 Å². The second-order valence-corrected chi connectivity index (χ2v) is 8.06. The third-order valence-corrected chi connectivity index (χ3v) is 5.79. The van der Waals surface area contributed by atoms with Crippen molar-refractivity contribution in [3.05, 3.63) is 88.3 Å². The van der Waals surface area contributed by atoms with Crippen molar-refractivity contribution in [3.63, 3.8) is 0 Å². The number of hydrogen-bond acceptors (Lipinski definition) is 4. The summed E-state index contributed by atoms with van der Waals surface area (Å²) in [6, 6.07) is 21.0. The highest BCUT2D eigenvalue weighted by Crippen LogP contribution is 2.31. The van der Waals surface area contributed by atoms with Gasteiger partial charge in [-0.3, -0.25) is 19.3 Å². The van der Waals surface area contributed by atoms with Crippen LogP contribution in [0.25, 0.3) is 16.8 Å². The number of amides is 3. The highest BCUT2D eigenvalue weighted by Gasteiger charge is 2.34. The van der Waals surface area contributed by atoms with Gasteiger partial charge in [0.1, 0.15) is 0 Å². The van der Waals surface area contributed by atoms with E-state index in [1.165, 1.54) is 4.90 Å². The van der Waals surface area contributed by atoms with Gasteiger partial charge in [-0.2, -0.15) is 0 Å². The molecule has 5 nitrogen and oxygen atoms in total. The quantitative estimate of drug-likeness (QED) is 0.617. The third-order valence-electron chi connectivity index (χ3n) is 4.88. The summed E-state index contributed by atoms with van der Waals surface area (Å²) in [5.74, 6) is -0.562. The van der Waals surface area contributed by atoms with Gasteiger partial charge in [-0.15, -0.1) is 0 Å². The highest BCUT2D eigenvalue weighted by atomic mass is 32.2. The number of carbonyl (C=O) groups excluding carboxylic acids is 3. The van der Waals surface area contributed by atoms with Gasteiger partial charge in [0, 0.05) is 18.7 Å². The predicted molar refractivity (Wildman–Crippen MR) is 120 cm³/mol. The number of nitrogens with zero attached hydrogens (tertiary/aromatic N) is 1. The molecule has 4 rings (SSSR count). The lowest BCUT2D eigenvalue weighted by atomic mass is 10.1. The van der Waals surface area contributed by atoms with Gasteiger partial charge in [-0.05, 0) is 53.2 Å². The summed E-state index contributed by atoms with van der Waals surface area (Å²) in [7, 11) is 0. The van der Waals surface area contributed by atoms with Gasteiger partial charge in [-0.1, -0.05) is 60.2 Å². The average Bonchev–Trinajstić information content (AvgIpc) is 3.02. The number of rotatable bonds is 5. The molecule has 0 bridgehead atoms. The largest absolute Gasteiger partial charge is 0.350 e. The number of thioether (sulfide) groups is 1. The second-order valence-electron chi connectivity index (χ2n) is 7.06. The number of nitrogens with one attached hydrogen (secondary N) is 1. The zero-order valence-electron chi connectivity index (χ0n) is 16.4. The maximum Gasteiger partial charge on any atom is 0.293 e. The number of carbonyl (C=O) groups is 3. The number of hydrogen-bond donors (Lipinski definition) is 1. The van der Waals surface area contributed by atoms with Crippen LogP contribution in [0.2, 0.25) is 0 Å². The minimum atomic E-state index is -0.328. The molecule has 0 aliphatic carbocycles. The van der Waals surface area contributed by atoms with Gasteiger partial charge >= 0.3 is 0 Å². The van der Waals surface area contributed by atoms with Crippen LogP contribution < -0.4 is 5.32 Å². The number of aryl methyl sites for hydroxylation is 1. The molecule has 0 unspecified atom stereocenters. The number of fused-ring (bicyclic) bond motifs is 1. The fourth-order valence-corrected chi connectivity index (χ4v) is 4.09. The molecule has 30 heavy (non-hydrogen) atoms. The summed E-state index contributed by atoms with van der Waals surface area (Å²) < 4.78 is 0. The van der Waals surface area contributed by atoms with E-state index in [-0.39, 0.29) is 30.1 Å². The van der Waals surface area contributed by atoms with Crippen molar-refractivity contribution >= 4 is 45.7 Å². The molecule has 0 saturated carbocycles. The first kappa shape index (κ1) is 19.9. The molecule has 3 aromatic rings. The van der Waals surface area contributed by atoms with E-state index in [0.717, 1.165) is 33.7 Å². The van der Waals surface area contributed by atoms with Gasteiger partial charge in [-0.25, -0.2) is 0 Å². The Labute approximate surface area is 178 Å². The first-order chi connectivity index (χ1) is 14.5. The van der Waals surface area contributed by atoms with Crippen molar-refractivity contribution in [2.24, 2.45) is 0 Å². The molecular formula is C24H20N2O3S. The maximum atomic E-state index is 12.6. The molecule has 1 aliphatic heterocycles. The van der Waals surface area contributed by atoms with Gasteiger partial charge in [0.05, 0.1) is 4.91 Å². The Morgan fingerprint density at radius 3 is 2.50 bits per heavy atom. The summed E-state index contributed by atoms with van der Waals surface area (Å²) >= 11 is 0.923. The van der Waals surface area contributed by atoms with Crippen LogP contribution in [0.5, 0.6) is 0 Å². The van der Waals surface area contributed by atoms with Crippen molar-refractivity contribution in [3.8, 4) is 0 Å². The minimum absolute atomic E-state index is 0.134. The topological polar surface area (TPSA) is 66.5 Å². The summed E-state index contributed by atoms with van der Waals surface area (Å²) in [6.07, 6.45) is 1.72. The smallest absolute Gasteiger partial charge is 0.293 e. The number of benzene rings is 3. The molecule has 6 heteroatoms. The van der Waals surface area contributed by atoms with Crippen LogP contribution in [-0.4, -0.2) is 35.0 Å². The van der Waals surface area contributed by atoms with Crippen molar-refractivity contribution in [1.82, 2.24) is 10.2 Å². The Morgan fingerprint density at radius 2 is 1.73 bits per heavy atom. The number of imide groups is 1. The van der Waals surface area contributed by atoms with E-state index in [0.29, 0.717) is 10.5 Å². The fraction of sp³-hybridized carbons (Fsp3) is 0.125. The Kier molecular flexibility index (Phi) is 5.68. The van der Waals surface area contributed by atoms with Crippen LogP contribution >= 0.6 is 11.8 Å². The highest BCUT2D eigenvalue weighted by molar-refractivity contribution is 8.18. The van der Waals surface area contributed by atoms with E-state index >= 15 is 0 Å². The van der Waals surface area contributed by atoms with Gasteiger partial charge in [0.2, 0.25) is 0 Å². The second kappa shape index (κ2) is 8.55. The molecule has 0 spiro atoms. The third kappa shape index (κ3) is 4.28. The fourth-order valence-electron chi connectivity index (χ4n) is 3.22. The van der Waals surface area contributed by atoms with Gasteiger partial charge in [0.15, 0.2) is 0 Å². The van der Waals surface area contributed by atoms with Crippen molar-refractivity contribution in [2.75, 3.05) is 13.1 Å². The molecule has 1 fully saturated rings. The molecule has 1 saturated heterocycles. The molecule has 0 aromatic heterocycles. The van der Waals surface area contributed by atoms with Crippen molar-refractivity contribution in [2.45, 2.75) is 6.92 Å². The Balaban J connectivity index is 1.37. The van der Waals surface area contributed by atoms with Crippen LogP contribution in [0, 0.1) is 6.92 Å². The average molecular weight is 417 g/mol. The molecule has 1 aliphatic rings. The summed E-state index contributed by atoms with van der Waals surface area (Å²) in [4.78, 5) is 38.8. The van der Waals surface area contributed by atoms with E-state index in [4.69, 9.17) is 0 Å². The van der Waals surface area contributed by atoms with Crippen LogP contribution in [-0.2, 0) is 4.79 Å². The van der Waals surface area contributed by atoms with E-state index in [1.807, 2.05) is 67.6 Å². The normalized spacial score (nSPS) is 15.2. The molecule has 3 amide bonds. The lowest BCUT2D eigenvalue weighted by Crippen LogP contribution is -2.37. The van der Waals surface area contributed by atoms with Gasteiger partial charge in [0.25, 0.3) is 17.1 Å². The van der Waals surface area contributed by atoms with E-state index in [9.17, 15) is 14.4 Å². The van der Waals surface area contributed by atoms with Crippen LogP contribution in [0.4, 0.5) is 4.79 Å². The van der Waals surface area contributed by atoms with Crippen molar-refractivity contribution < 1.29 is 14.4 Å². The lowest BCUT2D eigenvalue weighted by molar-refractivity contribution is -0.122. The molecule has 1 heterocycles. The Morgan fingerprint density at radius 1 is 1.00 bits per heavy atom. The first-order valence-corrected chi connectivity index (χ1v) is 10.4. The van der Waals surface area contributed by atoms with Gasteiger partial charge < -0.3 is 5.32 Å². The predicted octanol–water partition coefficient (Wildman–Crippen LogP) is 4.61. The first-order valence-electron chi connectivity index (χ1n) is 9.60. The maximum absolute atomic E-state index is 12.6. The van der Waals surface area contributed by atoms with Crippen LogP contribution in [0.15, 0.2) is 71.6 Å². The van der Waals surface area contributed by atoms with E-state index in [2.05, 4.69) is 5.32 Å². The molecule has 1 N–H and O–H groups in total. The summed E-state index contributed by atoms with van der Waals surface area (Å²) in [6.45, 7) is 2.32. The molecular weight excluding hydrogens is 396 g/mol. The minimum Gasteiger partial charge on any atom is -0.350 e. The zero-order valence-corrected chi connectivity index (χ0v) is 17.2. The molecule has 0 radical (unpaired) electrons.